The molecule has 1 amide bonds. The number of hydrogen-bond acceptors (Lipinski definition) is 4. The summed E-state index contributed by atoms with van der Waals surface area (Å²) in [7, 11) is 0. The monoisotopic (exact) mass is 458 g/mol. The maximum atomic E-state index is 14.0. The third-order valence-corrected chi connectivity index (χ3v) is 7.65. The molecule has 2 aromatic heterocycles. The second-order valence-corrected chi connectivity index (χ2v) is 9.91. The lowest BCUT2D eigenvalue weighted by Crippen LogP contribution is -2.52. The Kier molecular flexibility index (Phi) is 6.40. The van der Waals surface area contributed by atoms with Gasteiger partial charge in [0.1, 0.15) is 6.67 Å². The van der Waals surface area contributed by atoms with Crippen LogP contribution < -0.4 is 0 Å². The summed E-state index contributed by atoms with van der Waals surface area (Å²) in [6, 6.07) is 11.6. The summed E-state index contributed by atoms with van der Waals surface area (Å²) in [5.74, 6) is 0.637. The lowest BCUT2D eigenvalue weighted by atomic mass is 9.61. The fourth-order valence-corrected chi connectivity index (χ4v) is 5.53. The molecule has 5 rings (SSSR count). The summed E-state index contributed by atoms with van der Waals surface area (Å²) in [6.07, 6.45) is 12.6. The van der Waals surface area contributed by atoms with E-state index in [1.165, 1.54) is 19.3 Å². The third kappa shape index (κ3) is 4.59. The Hall–Kier alpha value is -3.15. The molecule has 0 N–H and O–H groups in total. The molecule has 3 aromatic rings. The van der Waals surface area contributed by atoms with Gasteiger partial charge in [-0.2, -0.15) is 0 Å². The molecule has 2 aliphatic rings. The van der Waals surface area contributed by atoms with Gasteiger partial charge in [-0.1, -0.05) is 30.2 Å². The van der Waals surface area contributed by atoms with Crippen LogP contribution in [0.3, 0.4) is 0 Å². The average Bonchev–Trinajstić information content (AvgIpc) is 2.86. The van der Waals surface area contributed by atoms with Crippen LogP contribution in [-0.4, -0.2) is 38.3 Å². The van der Waals surface area contributed by atoms with Crippen LogP contribution >= 0.6 is 0 Å². The van der Waals surface area contributed by atoms with Gasteiger partial charge in [-0.3, -0.25) is 9.78 Å². The molecule has 1 unspecified atom stereocenters. The highest BCUT2D eigenvalue weighted by atomic mass is 19.1. The normalized spacial score (nSPS) is 19.1. The van der Waals surface area contributed by atoms with Crippen molar-refractivity contribution in [2.24, 2.45) is 5.41 Å². The number of pyridine rings is 1. The molecule has 1 saturated carbocycles. The number of amides is 1. The zero-order chi connectivity index (χ0) is 23.5. The Morgan fingerprint density at radius 3 is 2.62 bits per heavy atom. The summed E-state index contributed by atoms with van der Waals surface area (Å²) in [5.41, 5.74) is 4.44. The number of aromatic nitrogens is 3. The second-order valence-electron chi connectivity index (χ2n) is 9.91. The molecule has 34 heavy (non-hydrogen) atoms. The van der Waals surface area contributed by atoms with Crippen molar-refractivity contribution in [3.8, 4) is 11.4 Å². The third-order valence-electron chi connectivity index (χ3n) is 7.65. The molecule has 5 nitrogen and oxygen atoms in total. The smallest absolute Gasteiger partial charge is 0.254 e. The van der Waals surface area contributed by atoms with Gasteiger partial charge < -0.3 is 4.90 Å². The van der Waals surface area contributed by atoms with Crippen molar-refractivity contribution in [3.63, 3.8) is 0 Å². The molecule has 1 spiro atoms. The number of hydrogen-bond donors (Lipinski definition) is 0. The van der Waals surface area contributed by atoms with Gasteiger partial charge in [-0.25, -0.2) is 14.4 Å². The van der Waals surface area contributed by atoms with Crippen LogP contribution in [0, 0.1) is 12.3 Å². The zero-order valence-corrected chi connectivity index (χ0v) is 19.7. The maximum Gasteiger partial charge on any atom is 0.254 e. The molecule has 0 bridgehead atoms. The molecule has 0 radical (unpaired) electrons. The SMILES string of the molecule is Cc1ccc(-c2ncccn2)c(C(=O)N2CCC3(CCC3)CC2CCc2ccc(CF)cn2)c1. The zero-order valence-electron chi connectivity index (χ0n) is 19.7. The van der Waals surface area contributed by atoms with Crippen LogP contribution in [0.4, 0.5) is 4.39 Å². The standard InChI is InChI=1S/C28H31FN4O/c1-20-4-9-24(26-30-13-3-14-31-26)25(16-20)27(34)33-15-12-28(10-2-11-28)17-23(33)8-7-22-6-5-21(18-29)19-32-22/h3-6,9,13-14,16,19,23H,2,7-8,10-12,15,17-18H2,1H3. The van der Waals surface area contributed by atoms with Gasteiger partial charge >= 0.3 is 0 Å². The number of benzene rings is 1. The van der Waals surface area contributed by atoms with Crippen LogP contribution in [0.2, 0.25) is 0 Å². The highest BCUT2D eigenvalue weighted by Crippen LogP contribution is 2.51. The van der Waals surface area contributed by atoms with Crippen molar-refractivity contribution in [1.29, 1.82) is 0 Å². The molecule has 1 aliphatic carbocycles. The van der Waals surface area contributed by atoms with E-state index in [1.807, 2.05) is 31.2 Å². The van der Waals surface area contributed by atoms with Gasteiger partial charge in [-0.15, -0.1) is 0 Å². The molecule has 2 fully saturated rings. The van der Waals surface area contributed by atoms with Crippen molar-refractivity contribution in [2.45, 2.75) is 64.6 Å². The second kappa shape index (κ2) is 9.61. The summed E-state index contributed by atoms with van der Waals surface area (Å²) in [4.78, 5) is 29.3. The van der Waals surface area contributed by atoms with E-state index in [2.05, 4.69) is 19.9 Å². The molecular formula is C28H31FN4O. The van der Waals surface area contributed by atoms with Crippen molar-refractivity contribution in [3.05, 3.63) is 77.4 Å². The van der Waals surface area contributed by atoms with Crippen molar-refractivity contribution >= 4 is 5.91 Å². The molecule has 176 valence electrons. The Morgan fingerprint density at radius 2 is 1.94 bits per heavy atom. The predicted octanol–water partition coefficient (Wildman–Crippen LogP) is 5.72. The number of likely N-dealkylation sites (tertiary alicyclic amines) is 1. The lowest BCUT2D eigenvalue weighted by Gasteiger charge is -2.52. The summed E-state index contributed by atoms with van der Waals surface area (Å²) >= 11 is 0. The van der Waals surface area contributed by atoms with Gasteiger partial charge in [-0.05, 0) is 69.1 Å². The molecule has 1 aromatic carbocycles. The highest BCUT2D eigenvalue weighted by molar-refractivity contribution is 6.00. The van der Waals surface area contributed by atoms with E-state index in [1.54, 1.807) is 30.7 Å². The highest BCUT2D eigenvalue weighted by Gasteiger charge is 2.45. The fraction of sp³-hybridized carbons (Fsp3) is 0.429. The van der Waals surface area contributed by atoms with Crippen LogP contribution in [-0.2, 0) is 13.1 Å². The number of halogens is 1. The first-order valence-electron chi connectivity index (χ1n) is 12.3. The topological polar surface area (TPSA) is 59.0 Å². The maximum absolute atomic E-state index is 14.0. The van der Waals surface area contributed by atoms with E-state index in [0.717, 1.165) is 49.0 Å². The number of carbonyl (C=O) groups excluding carboxylic acids is 1. The first-order chi connectivity index (χ1) is 16.6. The first kappa shape index (κ1) is 22.6. The number of carbonyl (C=O) groups is 1. The first-order valence-corrected chi connectivity index (χ1v) is 12.3. The van der Waals surface area contributed by atoms with E-state index in [-0.39, 0.29) is 11.9 Å². The minimum absolute atomic E-state index is 0.0612. The number of aryl methyl sites for hydroxylation is 2. The van der Waals surface area contributed by atoms with Crippen molar-refractivity contribution < 1.29 is 9.18 Å². The van der Waals surface area contributed by atoms with E-state index in [4.69, 9.17) is 0 Å². The van der Waals surface area contributed by atoms with Crippen LogP contribution in [0.5, 0.6) is 0 Å². The predicted molar refractivity (Wildman–Crippen MR) is 130 cm³/mol. The Labute approximate surface area is 200 Å². The molecule has 6 heteroatoms. The summed E-state index contributed by atoms with van der Waals surface area (Å²) in [6.45, 7) is 2.29. The van der Waals surface area contributed by atoms with Crippen molar-refractivity contribution in [1.82, 2.24) is 19.9 Å². The van der Waals surface area contributed by atoms with Crippen LogP contribution in [0.25, 0.3) is 11.4 Å². The van der Waals surface area contributed by atoms with Crippen LogP contribution in [0.1, 0.15) is 65.7 Å². The van der Waals surface area contributed by atoms with Gasteiger partial charge in [0.2, 0.25) is 0 Å². The minimum Gasteiger partial charge on any atom is -0.336 e. The minimum atomic E-state index is -0.495. The molecule has 1 aliphatic heterocycles. The number of piperidine rings is 1. The van der Waals surface area contributed by atoms with E-state index >= 15 is 0 Å². The Balaban J connectivity index is 1.41. The Bertz CT molecular complexity index is 1140. The van der Waals surface area contributed by atoms with Gasteiger partial charge in [0, 0.05) is 48.0 Å². The molecule has 3 heterocycles. The number of rotatable bonds is 6. The number of nitrogens with zero attached hydrogens (tertiary/aromatic N) is 4. The average molecular weight is 459 g/mol. The Morgan fingerprint density at radius 1 is 1.12 bits per heavy atom. The summed E-state index contributed by atoms with van der Waals surface area (Å²) < 4.78 is 12.9. The van der Waals surface area contributed by atoms with E-state index < -0.39 is 6.67 Å². The van der Waals surface area contributed by atoms with Crippen LogP contribution in [0.15, 0.2) is 55.0 Å². The molecule has 1 atom stereocenters. The van der Waals surface area contributed by atoms with E-state index in [0.29, 0.717) is 22.4 Å². The molecule has 1 saturated heterocycles. The van der Waals surface area contributed by atoms with Gasteiger partial charge in [0.15, 0.2) is 5.82 Å². The largest absolute Gasteiger partial charge is 0.336 e. The lowest BCUT2D eigenvalue weighted by molar-refractivity contribution is -0.00215. The van der Waals surface area contributed by atoms with Gasteiger partial charge in [0.25, 0.3) is 5.91 Å². The van der Waals surface area contributed by atoms with Crippen molar-refractivity contribution in [2.75, 3.05) is 6.54 Å². The van der Waals surface area contributed by atoms with E-state index in [9.17, 15) is 9.18 Å². The number of alkyl halides is 1. The summed E-state index contributed by atoms with van der Waals surface area (Å²) in [5, 5.41) is 0. The van der Waals surface area contributed by atoms with Gasteiger partial charge in [0.05, 0.1) is 5.56 Å². The molecular weight excluding hydrogens is 427 g/mol. The fourth-order valence-electron chi connectivity index (χ4n) is 5.53. The quantitative estimate of drug-likeness (QED) is 0.474.